The van der Waals surface area contributed by atoms with Gasteiger partial charge >= 0.3 is 6.11 Å². The second-order valence-corrected chi connectivity index (χ2v) is 13.0. The molecule has 2 fully saturated rings. The number of allylic oxidation sites excluding steroid dienone is 1. The third kappa shape index (κ3) is 8.34. The Bertz CT molecular complexity index is 1480. The Hall–Kier alpha value is -3.29. The van der Waals surface area contributed by atoms with E-state index >= 15 is 8.78 Å². The van der Waals surface area contributed by atoms with Crippen molar-refractivity contribution in [3.05, 3.63) is 94.8 Å². The van der Waals surface area contributed by atoms with Crippen molar-refractivity contribution < 1.29 is 35.5 Å². The molecule has 248 valence electrons. The van der Waals surface area contributed by atoms with Gasteiger partial charge in [-0.3, -0.25) is 0 Å². The summed E-state index contributed by atoms with van der Waals surface area (Å²) in [7, 11) is 0. The first-order chi connectivity index (χ1) is 22.0. The standard InChI is InChI=1S/C38H41F7O/c1-2-3-4-5-24-6-11-26(12-7-24)28-16-19-32(34(40)20-28)29-15-14-27(33(39)21-29)13-8-25-9-17-30(18-10-25)38(44,45)46-31-22-35(41)37(43)36(42)23-31/h8,13-16,19-26,30H,2-7,9-12,17-18H2,1H3/b13-8+. The number of hydrogen-bond donors (Lipinski definition) is 0. The number of unbranched alkanes of at least 4 members (excludes halogenated alkanes) is 2. The normalized spacial score (nSPS) is 22.3. The average Bonchev–Trinajstić information content (AvgIpc) is 3.03. The van der Waals surface area contributed by atoms with Gasteiger partial charge in [0.1, 0.15) is 17.4 Å². The first-order valence-electron chi connectivity index (χ1n) is 16.5. The highest BCUT2D eigenvalue weighted by Gasteiger charge is 2.44. The molecule has 0 aliphatic heterocycles. The third-order valence-electron chi connectivity index (χ3n) is 9.85. The predicted octanol–water partition coefficient (Wildman–Crippen LogP) is 12.4. The molecule has 0 spiro atoms. The second kappa shape index (κ2) is 15.1. The van der Waals surface area contributed by atoms with E-state index in [2.05, 4.69) is 11.7 Å². The molecule has 3 aromatic carbocycles. The van der Waals surface area contributed by atoms with Crippen LogP contribution in [0.5, 0.6) is 5.75 Å². The molecule has 2 aliphatic rings. The summed E-state index contributed by atoms with van der Waals surface area (Å²) in [4.78, 5) is 0. The first kappa shape index (κ1) is 34.1. The largest absolute Gasteiger partial charge is 0.432 e. The van der Waals surface area contributed by atoms with E-state index < -0.39 is 41.0 Å². The molecule has 3 aromatic rings. The minimum absolute atomic E-state index is 0.0747. The van der Waals surface area contributed by atoms with Crippen LogP contribution in [0.1, 0.15) is 101 Å². The summed E-state index contributed by atoms with van der Waals surface area (Å²) in [5, 5.41) is 0. The molecular weight excluding hydrogens is 605 g/mol. The lowest BCUT2D eigenvalue weighted by Crippen LogP contribution is -2.37. The van der Waals surface area contributed by atoms with Crippen molar-refractivity contribution >= 4 is 6.08 Å². The maximum atomic E-state index is 15.2. The van der Waals surface area contributed by atoms with Crippen molar-refractivity contribution in [1.29, 1.82) is 0 Å². The van der Waals surface area contributed by atoms with Gasteiger partial charge in [-0.25, -0.2) is 22.0 Å². The Labute approximate surface area is 266 Å². The van der Waals surface area contributed by atoms with Crippen LogP contribution in [0, 0.1) is 46.8 Å². The average molecular weight is 647 g/mol. The number of rotatable bonds is 11. The van der Waals surface area contributed by atoms with Crippen molar-refractivity contribution in [3.63, 3.8) is 0 Å². The molecule has 0 heterocycles. The number of alkyl halides is 2. The van der Waals surface area contributed by atoms with E-state index in [1.54, 1.807) is 36.4 Å². The van der Waals surface area contributed by atoms with Gasteiger partial charge in [-0.05, 0) is 92.4 Å². The van der Waals surface area contributed by atoms with Crippen LogP contribution in [0.2, 0.25) is 0 Å². The number of halogens is 7. The van der Waals surface area contributed by atoms with Gasteiger partial charge in [-0.15, -0.1) is 0 Å². The summed E-state index contributed by atoms with van der Waals surface area (Å²) in [5.74, 6) is -6.77. The van der Waals surface area contributed by atoms with Crippen LogP contribution in [0.4, 0.5) is 30.7 Å². The Kier molecular flexibility index (Phi) is 11.2. The molecule has 46 heavy (non-hydrogen) atoms. The molecule has 1 nitrogen and oxygen atoms in total. The fraction of sp³-hybridized carbons (Fsp3) is 0.474. The lowest BCUT2D eigenvalue weighted by Gasteiger charge is -2.32. The van der Waals surface area contributed by atoms with Crippen LogP contribution in [0.25, 0.3) is 17.2 Å². The molecule has 0 unspecified atom stereocenters. The van der Waals surface area contributed by atoms with E-state index in [0.717, 1.165) is 24.3 Å². The van der Waals surface area contributed by atoms with Crippen molar-refractivity contribution in [3.8, 4) is 16.9 Å². The second-order valence-electron chi connectivity index (χ2n) is 13.0. The van der Waals surface area contributed by atoms with Crippen LogP contribution in [0.15, 0.2) is 54.6 Å². The van der Waals surface area contributed by atoms with Gasteiger partial charge < -0.3 is 4.74 Å². The predicted molar refractivity (Wildman–Crippen MR) is 167 cm³/mol. The lowest BCUT2D eigenvalue weighted by molar-refractivity contribution is -0.223. The fourth-order valence-electron chi connectivity index (χ4n) is 7.04. The van der Waals surface area contributed by atoms with E-state index in [-0.39, 0.29) is 24.6 Å². The van der Waals surface area contributed by atoms with Gasteiger partial charge in [0.05, 0.1) is 5.92 Å². The zero-order valence-electron chi connectivity index (χ0n) is 26.1. The molecule has 8 heteroatoms. The Morgan fingerprint density at radius 1 is 0.739 bits per heavy atom. The number of benzene rings is 3. The van der Waals surface area contributed by atoms with E-state index in [9.17, 15) is 22.0 Å². The Balaban J connectivity index is 1.14. The summed E-state index contributed by atoms with van der Waals surface area (Å²) < 4.78 is 104. The van der Waals surface area contributed by atoms with Crippen LogP contribution < -0.4 is 4.74 Å². The highest BCUT2D eigenvalue weighted by atomic mass is 19.3. The van der Waals surface area contributed by atoms with Gasteiger partial charge in [-0.2, -0.15) is 8.78 Å². The molecule has 5 rings (SSSR count). The molecule has 0 aromatic heterocycles. The quantitative estimate of drug-likeness (QED) is 0.114. The molecule has 0 atom stereocenters. The molecule has 0 radical (unpaired) electrons. The molecule has 0 amide bonds. The minimum Gasteiger partial charge on any atom is -0.432 e. The van der Waals surface area contributed by atoms with Crippen molar-refractivity contribution in [2.24, 2.45) is 17.8 Å². The molecule has 0 N–H and O–H groups in total. The molecule has 2 aliphatic carbocycles. The maximum Gasteiger partial charge on any atom is 0.400 e. The molecule has 2 saturated carbocycles. The van der Waals surface area contributed by atoms with Gasteiger partial charge in [0.25, 0.3) is 0 Å². The van der Waals surface area contributed by atoms with Gasteiger partial charge in [0, 0.05) is 23.3 Å². The monoisotopic (exact) mass is 646 g/mol. The van der Waals surface area contributed by atoms with Crippen LogP contribution in [0.3, 0.4) is 0 Å². The van der Waals surface area contributed by atoms with Gasteiger partial charge in [0.15, 0.2) is 17.5 Å². The van der Waals surface area contributed by atoms with E-state index in [0.29, 0.717) is 47.6 Å². The fourth-order valence-corrected chi connectivity index (χ4v) is 7.04. The van der Waals surface area contributed by atoms with Crippen LogP contribution in [-0.2, 0) is 0 Å². The van der Waals surface area contributed by atoms with Crippen molar-refractivity contribution in [2.75, 3.05) is 0 Å². The van der Waals surface area contributed by atoms with Gasteiger partial charge in [-0.1, -0.05) is 69.0 Å². The minimum atomic E-state index is -3.70. The number of ether oxygens (including phenoxy) is 1. The Morgan fingerprint density at radius 3 is 2.07 bits per heavy atom. The molecule has 0 bridgehead atoms. The summed E-state index contributed by atoms with van der Waals surface area (Å²) in [6.45, 7) is 2.22. The van der Waals surface area contributed by atoms with Crippen molar-refractivity contribution in [1.82, 2.24) is 0 Å². The highest BCUT2D eigenvalue weighted by Crippen LogP contribution is 2.42. The zero-order valence-corrected chi connectivity index (χ0v) is 26.1. The van der Waals surface area contributed by atoms with Crippen molar-refractivity contribution in [2.45, 2.75) is 96.0 Å². The van der Waals surface area contributed by atoms with E-state index in [4.69, 9.17) is 0 Å². The number of hydrogen-bond acceptors (Lipinski definition) is 1. The third-order valence-corrected chi connectivity index (χ3v) is 9.85. The SMILES string of the molecule is CCCCCC1CCC(c2ccc(-c3ccc(/C=C/C4CCC(C(F)(F)Oc5cc(F)c(F)c(F)c5)CC4)c(F)c3)c(F)c2)CC1. The Morgan fingerprint density at radius 2 is 1.43 bits per heavy atom. The lowest BCUT2D eigenvalue weighted by atomic mass is 9.77. The van der Waals surface area contributed by atoms with Crippen LogP contribution >= 0.6 is 0 Å². The van der Waals surface area contributed by atoms with E-state index in [1.807, 2.05) is 6.07 Å². The summed E-state index contributed by atoms with van der Waals surface area (Å²) in [5.41, 5.74) is 2.11. The zero-order chi connectivity index (χ0) is 32.8. The van der Waals surface area contributed by atoms with E-state index in [1.165, 1.54) is 44.6 Å². The van der Waals surface area contributed by atoms with Crippen LogP contribution in [-0.4, -0.2) is 6.11 Å². The van der Waals surface area contributed by atoms with Gasteiger partial charge in [0.2, 0.25) is 0 Å². The summed E-state index contributed by atoms with van der Waals surface area (Å²) in [6, 6.07) is 10.7. The first-order valence-corrected chi connectivity index (χ1v) is 16.5. The summed E-state index contributed by atoms with van der Waals surface area (Å²) in [6.07, 6.45) is 10.2. The molecular formula is C38H41F7O. The summed E-state index contributed by atoms with van der Waals surface area (Å²) >= 11 is 0. The molecule has 0 saturated heterocycles. The smallest absolute Gasteiger partial charge is 0.400 e. The maximum absolute atomic E-state index is 15.2. The highest BCUT2D eigenvalue weighted by molar-refractivity contribution is 5.67. The topological polar surface area (TPSA) is 9.23 Å².